The zero-order valence-electron chi connectivity index (χ0n) is 9.38. The molecule has 5 heteroatoms. The topological polar surface area (TPSA) is 69.7 Å². The first-order valence-corrected chi connectivity index (χ1v) is 5.27. The Balaban J connectivity index is 2.22. The molecule has 1 aromatic carbocycles. The van der Waals surface area contributed by atoms with Crippen molar-refractivity contribution in [2.24, 2.45) is 5.92 Å². The van der Waals surface area contributed by atoms with Crippen LogP contribution < -0.4 is 14.7 Å². The molecule has 1 heterocycles. The molecule has 0 aromatic heterocycles. The molecule has 17 heavy (non-hydrogen) atoms. The first kappa shape index (κ1) is 11.4. The van der Waals surface area contributed by atoms with Crippen LogP contribution in [0.5, 0.6) is 5.75 Å². The van der Waals surface area contributed by atoms with Crippen molar-refractivity contribution in [1.82, 2.24) is 0 Å². The van der Waals surface area contributed by atoms with Gasteiger partial charge in [-0.15, -0.1) is 0 Å². The van der Waals surface area contributed by atoms with Crippen LogP contribution in [0.15, 0.2) is 24.3 Å². The van der Waals surface area contributed by atoms with E-state index in [-0.39, 0.29) is 18.9 Å². The first-order valence-electron chi connectivity index (χ1n) is 5.27. The number of carboxylic acids is 1. The van der Waals surface area contributed by atoms with Crippen molar-refractivity contribution in [1.29, 1.82) is 0 Å². The lowest BCUT2D eigenvalue weighted by Crippen LogP contribution is -2.33. The Kier molecular flexibility index (Phi) is 2.99. The molecule has 0 bridgehead atoms. The number of nitrogens with zero attached hydrogens (tertiary/aromatic N) is 1. The maximum atomic E-state index is 11.7. The Morgan fingerprint density at radius 2 is 2.29 bits per heavy atom. The Morgan fingerprint density at radius 1 is 1.53 bits per heavy atom. The smallest absolute Gasteiger partial charge is 0.227 e. The predicted octanol–water partition coefficient (Wildman–Crippen LogP) is -0.202. The molecular weight excluding hydrogens is 222 g/mol. The maximum Gasteiger partial charge on any atom is 0.227 e. The van der Waals surface area contributed by atoms with Crippen LogP contribution in [-0.2, 0) is 9.59 Å². The lowest BCUT2D eigenvalue weighted by molar-refractivity contribution is -0.310. The number of benzene rings is 1. The minimum atomic E-state index is -1.18. The second-order valence-electron chi connectivity index (χ2n) is 3.93. The monoisotopic (exact) mass is 234 g/mol. The lowest BCUT2D eigenvalue weighted by atomic mass is 10.1. The molecule has 0 spiro atoms. The van der Waals surface area contributed by atoms with Gasteiger partial charge in [0.05, 0.1) is 7.11 Å². The number of aliphatic carboxylic acids is 1. The Labute approximate surface area is 98.6 Å². The van der Waals surface area contributed by atoms with E-state index in [1.807, 2.05) is 0 Å². The van der Waals surface area contributed by atoms with Gasteiger partial charge in [0.1, 0.15) is 5.75 Å². The molecule has 0 saturated carbocycles. The van der Waals surface area contributed by atoms with Crippen molar-refractivity contribution >= 4 is 17.6 Å². The molecule has 0 aliphatic carbocycles. The summed E-state index contributed by atoms with van der Waals surface area (Å²) in [6, 6.07) is 6.97. The number of amides is 1. The van der Waals surface area contributed by atoms with Gasteiger partial charge in [-0.05, 0) is 12.1 Å². The lowest BCUT2D eigenvalue weighted by Gasteiger charge is -2.17. The molecule has 90 valence electrons. The number of rotatable bonds is 3. The maximum absolute atomic E-state index is 11.7. The third-order valence-electron chi connectivity index (χ3n) is 2.82. The fourth-order valence-corrected chi connectivity index (χ4v) is 1.89. The number of hydrogen-bond donors (Lipinski definition) is 0. The molecule has 1 atom stereocenters. The Hall–Kier alpha value is -2.04. The molecule has 1 aliphatic heterocycles. The van der Waals surface area contributed by atoms with Crippen LogP contribution in [0.3, 0.4) is 0 Å². The minimum absolute atomic E-state index is 0.000453. The molecule has 1 amide bonds. The summed E-state index contributed by atoms with van der Waals surface area (Å²) in [5.41, 5.74) is 0.651. The zero-order valence-corrected chi connectivity index (χ0v) is 9.38. The summed E-state index contributed by atoms with van der Waals surface area (Å²) in [5, 5.41) is 10.7. The van der Waals surface area contributed by atoms with Gasteiger partial charge in [0.15, 0.2) is 0 Å². The summed E-state index contributed by atoms with van der Waals surface area (Å²) in [7, 11) is 1.54. The van der Waals surface area contributed by atoms with Crippen molar-refractivity contribution in [3.8, 4) is 5.75 Å². The van der Waals surface area contributed by atoms with Gasteiger partial charge in [-0.3, -0.25) is 4.79 Å². The third-order valence-corrected chi connectivity index (χ3v) is 2.82. The summed E-state index contributed by atoms with van der Waals surface area (Å²) < 4.78 is 5.06. The predicted molar refractivity (Wildman–Crippen MR) is 58.5 cm³/mol. The Morgan fingerprint density at radius 3 is 2.88 bits per heavy atom. The fourth-order valence-electron chi connectivity index (χ4n) is 1.89. The van der Waals surface area contributed by atoms with E-state index in [1.54, 1.807) is 24.3 Å². The van der Waals surface area contributed by atoms with E-state index in [2.05, 4.69) is 0 Å². The molecule has 1 saturated heterocycles. The molecule has 5 nitrogen and oxygen atoms in total. The van der Waals surface area contributed by atoms with Crippen LogP contribution in [0.1, 0.15) is 6.42 Å². The van der Waals surface area contributed by atoms with Crippen molar-refractivity contribution in [3.63, 3.8) is 0 Å². The van der Waals surface area contributed by atoms with Crippen molar-refractivity contribution < 1.29 is 19.4 Å². The molecule has 0 radical (unpaired) electrons. The second-order valence-corrected chi connectivity index (χ2v) is 3.93. The zero-order chi connectivity index (χ0) is 12.4. The third kappa shape index (κ3) is 2.22. The highest BCUT2D eigenvalue weighted by Crippen LogP contribution is 2.27. The largest absolute Gasteiger partial charge is 0.550 e. The van der Waals surface area contributed by atoms with Crippen LogP contribution in [0, 0.1) is 5.92 Å². The van der Waals surface area contributed by atoms with Gasteiger partial charge in [0.2, 0.25) is 5.91 Å². The molecular formula is C12H12NO4-. The highest BCUT2D eigenvalue weighted by atomic mass is 16.5. The van der Waals surface area contributed by atoms with E-state index < -0.39 is 11.9 Å². The number of anilines is 1. The van der Waals surface area contributed by atoms with Gasteiger partial charge in [-0.2, -0.15) is 0 Å². The molecule has 0 N–H and O–H groups in total. The number of methoxy groups -OCH3 is 1. The number of hydrogen-bond acceptors (Lipinski definition) is 4. The van der Waals surface area contributed by atoms with Gasteiger partial charge >= 0.3 is 0 Å². The SMILES string of the molecule is COc1cccc(N2C[C@@H](C(=O)[O-])CC2=O)c1. The highest BCUT2D eigenvalue weighted by molar-refractivity contribution is 5.99. The first-order chi connectivity index (χ1) is 8.11. The molecule has 1 aromatic rings. The summed E-state index contributed by atoms with van der Waals surface area (Å²) in [6.45, 7) is 0.161. The van der Waals surface area contributed by atoms with Crippen molar-refractivity contribution in [3.05, 3.63) is 24.3 Å². The van der Waals surface area contributed by atoms with Crippen LogP contribution in [0.2, 0.25) is 0 Å². The van der Waals surface area contributed by atoms with E-state index in [4.69, 9.17) is 4.74 Å². The van der Waals surface area contributed by atoms with Gasteiger partial charge in [0.25, 0.3) is 0 Å². The van der Waals surface area contributed by atoms with Gasteiger partial charge < -0.3 is 19.5 Å². The molecule has 0 unspecified atom stereocenters. The highest BCUT2D eigenvalue weighted by Gasteiger charge is 2.31. The quantitative estimate of drug-likeness (QED) is 0.726. The van der Waals surface area contributed by atoms with Gasteiger partial charge in [-0.25, -0.2) is 0 Å². The molecule has 2 rings (SSSR count). The van der Waals surface area contributed by atoms with Crippen molar-refractivity contribution in [2.75, 3.05) is 18.6 Å². The average molecular weight is 234 g/mol. The minimum Gasteiger partial charge on any atom is -0.550 e. The van der Waals surface area contributed by atoms with E-state index in [9.17, 15) is 14.7 Å². The molecule has 1 fully saturated rings. The van der Waals surface area contributed by atoms with E-state index in [0.717, 1.165) is 0 Å². The standard InChI is InChI=1S/C12H13NO4/c1-17-10-4-2-3-9(6-10)13-7-8(12(15)16)5-11(13)14/h2-4,6,8H,5,7H2,1H3,(H,15,16)/p-1/t8-/m0/s1. The number of carbonyl (C=O) groups is 2. The summed E-state index contributed by atoms with van der Waals surface area (Å²) in [6.07, 6.45) is -0.000453. The van der Waals surface area contributed by atoms with E-state index in [1.165, 1.54) is 12.0 Å². The van der Waals surface area contributed by atoms with Gasteiger partial charge in [-0.1, -0.05) is 6.07 Å². The Bertz CT molecular complexity index is 458. The normalized spacial score (nSPS) is 19.5. The van der Waals surface area contributed by atoms with Gasteiger partial charge in [0, 0.05) is 36.6 Å². The van der Waals surface area contributed by atoms with Crippen LogP contribution in [0.25, 0.3) is 0 Å². The average Bonchev–Trinajstić information content (AvgIpc) is 2.72. The van der Waals surface area contributed by atoms with Crippen LogP contribution in [0.4, 0.5) is 5.69 Å². The number of carboxylic acid groups (broad SMARTS) is 1. The summed E-state index contributed by atoms with van der Waals surface area (Å²) in [4.78, 5) is 23.9. The summed E-state index contributed by atoms with van der Waals surface area (Å²) >= 11 is 0. The number of ether oxygens (including phenoxy) is 1. The summed E-state index contributed by atoms with van der Waals surface area (Å²) in [5.74, 6) is -1.47. The fraction of sp³-hybridized carbons (Fsp3) is 0.333. The van der Waals surface area contributed by atoms with Crippen molar-refractivity contribution in [2.45, 2.75) is 6.42 Å². The van der Waals surface area contributed by atoms with E-state index >= 15 is 0 Å². The number of carbonyl (C=O) groups excluding carboxylic acids is 2. The van der Waals surface area contributed by atoms with E-state index in [0.29, 0.717) is 11.4 Å². The van der Waals surface area contributed by atoms with Crippen LogP contribution in [-0.4, -0.2) is 25.5 Å². The molecule has 1 aliphatic rings. The van der Waals surface area contributed by atoms with Crippen LogP contribution >= 0.6 is 0 Å². The second kappa shape index (κ2) is 4.45.